The van der Waals surface area contributed by atoms with Gasteiger partial charge in [-0.2, -0.15) is 13.2 Å². The van der Waals surface area contributed by atoms with Gasteiger partial charge in [-0.05, 0) is 28.1 Å². The van der Waals surface area contributed by atoms with Crippen molar-refractivity contribution >= 4 is 31.6 Å². The van der Waals surface area contributed by atoms with E-state index >= 15 is 0 Å². The van der Waals surface area contributed by atoms with E-state index in [4.69, 9.17) is 10.8 Å². The normalized spacial score (nSPS) is 14.3. The summed E-state index contributed by atoms with van der Waals surface area (Å²) in [5.74, 6) is -0.883. The number of benzene rings is 1. The third-order valence-electron chi connectivity index (χ3n) is 2.19. The van der Waals surface area contributed by atoms with Gasteiger partial charge in [-0.3, -0.25) is 0 Å². The Balaban J connectivity index is 2.98. The predicted molar refractivity (Wildman–Crippen MR) is 65.8 cm³/mol. The van der Waals surface area contributed by atoms with E-state index in [1.807, 2.05) is 0 Å². The first-order chi connectivity index (χ1) is 8.95. The standard InChI is InChI=1S/C9H9BrF4N2O3S/c10-4-1-5(11)6(15)2-7(4)20(18,19)16-3-8(17)9(12,13)14/h1-2,8,16-17H,3,15H2. The van der Waals surface area contributed by atoms with Crippen molar-refractivity contribution in [3.63, 3.8) is 0 Å². The van der Waals surface area contributed by atoms with Crippen LogP contribution in [0.25, 0.3) is 0 Å². The van der Waals surface area contributed by atoms with E-state index in [9.17, 15) is 26.0 Å². The van der Waals surface area contributed by atoms with Gasteiger partial charge in [0, 0.05) is 11.0 Å². The Kier molecular flexibility index (Phi) is 5.00. The summed E-state index contributed by atoms with van der Waals surface area (Å²) in [7, 11) is -4.39. The predicted octanol–water partition coefficient (Wildman–Crippen LogP) is 1.37. The van der Waals surface area contributed by atoms with Gasteiger partial charge in [-0.1, -0.05) is 0 Å². The molecule has 0 spiro atoms. The number of nitrogens with two attached hydrogens (primary N) is 1. The van der Waals surface area contributed by atoms with Gasteiger partial charge in [0.15, 0.2) is 6.10 Å². The number of anilines is 1. The zero-order valence-electron chi connectivity index (χ0n) is 9.58. The molecule has 4 N–H and O–H groups in total. The van der Waals surface area contributed by atoms with Crippen LogP contribution in [0, 0.1) is 5.82 Å². The molecule has 0 fully saturated rings. The molecule has 0 heterocycles. The molecular formula is C9H9BrF4N2O3S. The number of aliphatic hydroxyl groups is 1. The van der Waals surface area contributed by atoms with Crippen molar-refractivity contribution in [1.29, 1.82) is 0 Å². The monoisotopic (exact) mass is 380 g/mol. The number of nitrogens with one attached hydrogen (secondary N) is 1. The minimum absolute atomic E-state index is 0.210. The summed E-state index contributed by atoms with van der Waals surface area (Å²) in [5, 5.41) is 8.72. The van der Waals surface area contributed by atoms with Gasteiger partial charge in [0.05, 0.1) is 10.6 Å². The average Bonchev–Trinajstić information content (AvgIpc) is 2.29. The molecule has 1 atom stereocenters. The number of alkyl halides is 3. The van der Waals surface area contributed by atoms with Crippen molar-refractivity contribution in [3.05, 3.63) is 22.4 Å². The first-order valence-corrected chi connectivity index (χ1v) is 7.21. The first kappa shape index (κ1) is 17.1. The fourth-order valence-corrected chi connectivity index (χ4v) is 3.22. The van der Waals surface area contributed by atoms with E-state index in [1.54, 1.807) is 4.72 Å². The fraction of sp³-hybridized carbons (Fsp3) is 0.333. The third kappa shape index (κ3) is 4.04. The van der Waals surface area contributed by atoms with Crippen molar-refractivity contribution in [2.24, 2.45) is 0 Å². The van der Waals surface area contributed by atoms with Gasteiger partial charge >= 0.3 is 6.18 Å². The van der Waals surface area contributed by atoms with Crippen LogP contribution in [-0.2, 0) is 10.0 Å². The Hall–Kier alpha value is -0.910. The summed E-state index contributed by atoms with van der Waals surface area (Å²) in [5.41, 5.74) is 4.71. The van der Waals surface area contributed by atoms with Crippen molar-refractivity contribution < 1.29 is 31.1 Å². The van der Waals surface area contributed by atoms with Crippen molar-refractivity contribution in [1.82, 2.24) is 4.72 Å². The van der Waals surface area contributed by atoms with E-state index in [-0.39, 0.29) is 4.47 Å². The van der Waals surface area contributed by atoms with Crippen LogP contribution in [0.5, 0.6) is 0 Å². The van der Waals surface area contributed by atoms with E-state index in [1.165, 1.54) is 0 Å². The summed E-state index contributed by atoms with van der Waals surface area (Å²) in [6.07, 6.45) is -7.81. The highest BCUT2D eigenvalue weighted by Gasteiger charge is 2.38. The molecule has 0 aliphatic carbocycles. The molecule has 0 aromatic heterocycles. The topological polar surface area (TPSA) is 92.4 Å². The van der Waals surface area contributed by atoms with Crippen LogP contribution in [0.2, 0.25) is 0 Å². The Morgan fingerprint density at radius 1 is 1.40 bits per heavy atom. The van der Waals surface area contributed by atoms with Crippen LogP contribution in [0.1, 0.15) is 0 Å². The van der Waals surface area contributed by atoms with E-state index < -0.39 is 45.2 Å². The molecule has 0 saturated heterocycles. The molecular weight excluding hydrogens is 372 g/mol. The zero-order valence-corrected chi connectivity index (χ0v) is 12.0. The lowest BCUT2D eigenvalue weighted by Gasteiger charge is -2.15. The molecule has 0 amide bonds. The highest BCUT2D eigenvalue weighted by atomic mass is 79.9. The summed E-state index contributed by atoms with van der Waals surface area (Å²) < 4.78 is 74.1. The summed E-state index contributed by atoms with van der Waals surface area (Å²) in [6, 6.07) is 1.52. The quantitative estimate of drug-likeness (QED) is 0.543. The number of nitrogen functional groups attached to an aromatic ring is 1. The molecule has 11 heteroatoms. The summed E-state index contributed by atoms with van der Waals surface area (Å²) >= 11 is 2.76. The molecule has 1 rings (SSSR count). The number of hydrogen-bond acceptors (Lipinski definition) is 4. The molecule has 0 radical (unpaired) electrons. The third-order valence-corrected chi connectivity index (χ3v) is 4.57. The highest BCUT2D eigenvalue weighted by molar-refractivity contribution is 9.10. The summed E-state index contributed by atoms with van der Waals surface area (Å²) in [6.45, 7) is -1.27. The maximum atomic E-state index is 13.1. The highest BCUT2D eigenvalue weighted by Crippen LogP contribution is 2.27. The summed E-state index contributed by atoms with van der Waals surface area (Å²) in [4.78, 5) is -0.536. The maximum absolute atomic E-state index is 13.1. The zero-order chi connectivity index (χ0) is 15.7. The van der Waals surface area contributed by atoms with Gasteiger partial charge < -0.3 is 10.8 Å². The number of sulfonamides is 1. The molecule has 0 bridgehead atoms. The SMILES string of the molecule is Nc1cc(S(=O)(=O)NCC(O)C(F)(F)F)c(Br)cc1F. The van der Waals surface area contributed by atoms with Crippen LogP contribution >= 0.6 is 15.9 Å². The van der Waals surface area contributed by atoms with Crippen LogP contribution in [-0.4, -0.2) is 32.3 Å². The Bertz CT molecular complexity index is 606. The number of halogens is 5. The number of hydrogen-bond donors (Lipinski definition) is 3. The second-order valence-electron chi connectivity index (χ2n) is 3.71. The second kappa shape index (κ2) is 5.84. The smallest absolute Gasteiger partial charge is 0.396 e. The molecule has 0 saturated carbocycles. The van der Waals surface area contributed by atoms with E-state index in [0.29, 0.717) is 0 Å². The van der Waals surface area contributed by atoms with Gasteiger partial charge in [-0.25, -0.2) is 17.5 Å². The van der Waals surface area contributed by atoms with Crippen molar-refractivity contribution in [3.8, 4) is 0 Å². The number of aliphatic hydroxyl groups excluding tert-OH is 1. The molecule has 1 aromatic rings. The number of rotatable bonds is 4. The van der Waals surface area contributed by atoms with Gasteiger partial charge in [0.2, 0.25) is 10.0 Å². The molecule has 20 heavy (non-hydrogen) atoms. The average molecular weight is 381 g/mol. The molecule has 1 aromatic carbocycles. The van der Waals surface area contributed by atoms with Crippen LogP contribution in [0.4, 0.5) is 23.2 Å². The molecule has 0 aliphatic rings. The Morgan fingerprint density at radius 2 is 1.95 bits per heavy atom. The minimum atomic E-state index is -4.96. The van der Waals surface area contributed by atoms with Crippen LogP contribution < -0.4 is 10.5 Å². The Labute approximate surface area is 120 Å². The second-order valence-corrected chi connectivity index (χ2v) is 6.30. The first-order valence-electron chi connectivity index (χ1n) is 4.94. The van der Waals surface area contributed by atoms with E-state index in [2.05, 4.69) is 15.9 Å². The lowest BCUT2D eigenvalue weighted by Crippen LogP contribution is -2.40. The van der Waals surface area contributed by atoms with Crippen molar-refractivity contribution in [2.75, 3.05) is 12.3 Å². The van der Waals surface area contributed by atoms with Crippen LogP contribution in [0.15, 0.2) is 21.5 Å². The van der Waals surface area contributed by atoms with Crippen molar-refractivity contribution in [2.45, 2.75) is 17.2 Å². The minimum Gasteiger partial charge on any atom is -0.396 e. The maximum Gasteiger partial charge on any atom is 0.415 e. The van der Waals surface area contributed by atoms with Gasteiger partial charge in [0.25, 0.3) is 0 Å². The molecule has 1 unspecified atom stereocenters. The van der Waals surface area contributed by atoms with Crippen LogP contribution in [0.3, 0.4) is 0 Å². The van der Waals surface area contributed by atoms with Gasteiger partial charge in [0.1, 0.15) is 5.82 Å². The lowest BCUT2D eigenvalue weighted by molar-refractivity contribution is -0.200. The molecule has 0 aliphatic heterocycles. The lowest BCUT2D eigenvalue weighted by atomic mass is 10.3. The largest absolute Gasteiger partial charge is 0.415 e. The van der Waals surface area contributed by atoms with E-state index in [0.717, 1.165) is 12.1 Å². The van der Waals surface area contributed by atoms with Gasteiger partial charge in [-0.15, -0.1) is 0 Å². The molecule has 114 valence electrons. The Morgan fingerprint density at radius 3 is 2.45 bits per heavy atom. The fourth-order valence-electron chi connectivity index (χ4n) is 1.13. The molecule has 5 nitrogen and oxygen atoms in total.